The fourth-order valence-corrected chi connectivity index (χ4v) is 3.21. The number of aryl methyl sites for hydroxylation is 1. The van der Waals surface area contributed by atoms with Crippen molar-refractivity contribution in [3.8, 4) is 5.75 Å². The van der Waals surface area contributed by atoms with Crippen molar-refractivity contribution in [1.29, 1.82) is 0 Å². The van der Waals surface area contributed by atoms with Gasteiger partial charge in [0.15, 0.2) is 0 Å². The highest BCUT2D eigenvalue weighted by Gasteiger charge is 2.16. The molecular weight excluding hydrogens is 350 g/mol. The molecule has 3 rings (SSSR count). The number of pyridine rings is 1. The van der Waals surface area contributed by atoms with Crippen LogP contribution in [0.3, 0.4) is 0 Å². The molecule has 0 saturated carbocycles. The van der Waals surface area contributed by atoms with E-state index in [0.29, 0.717) is 22.0 Å². The van der Waals surface area contributed by atoms with Crippen LogP contribution in [0.15, 0.2) is 42.5 Å². The summed E-state index contributed by atoms with van der Waals surface area (Å²) in [6.45, 7) is 1.82. The molecule has 0 unspecified atom stereocenters. The van der Waals surface area contributed by atoms with E-state index in [-0.39, 0.29) is 5.91 Å². The minimum absolute atomic E-state index is 0.231. The molecule has 1 N–H and O–H groups in total. The zero-order valence-corrected chi connectivity index (χ0v) is 15.9. The Kier molecular flexibility index (Phi) is 5.00. The molecule has 0 aliphatic heterocycles. The van der Waals surface area contributed by atoms with Gasteiger partial charge in [-0.1, -0.05) is 17.7 Å². The van der Waals surface area contributed by atoms with Crippen molar-refractivity contribution in [1.82, 2.24) is 4.98 Å². The van der Waals surface area contributed by atoms with Gasteiger partial charge in [0, 0.05) is 19.5 Å². The Morgan fingerprint density at radius 3 is 2.65 bits per heavy atom. The number of nitrogens with zero attached hydrogens (tertiary/aromatic N) is 2. The Balaban J connectivity index is 2.00. The Hall–Kier alpha value is -2.79. The number of anilines is 2. The van der Waals surface area contributed by atoms with Crippen LogP contribution in [0, 0.1) is 6.92 Å². The lowest BCUT2D eigenvalue weighted by Crippen LogP contribution is -2.18. The van der Waals surface area contributed by atoms with E-state index in [4.69, 9.17) is 16.3 Å². The fourth-order valence-electron chi connectivity index (χ4n) is 2.87. The molecule has 0 spiro atoms. The van der Waals surface area contributed by atoms with Gasteiger partial charge < -0.3 is 15.0 Å². The van der Waals surface area contributed by atoms with Crippen LogP contribution in [0.1, 0.15) is 16.1 Å². The normalized spacial score (nSPS) is 10.7. The number of halogens is 1. The number of hydrogen-bond acceptors (Lipinski definition) is 4. The number of carbonyl (C=O) groups excluding carboxylic acids is 1. The van der Waals surface area contributed by atoms with E-state index in [0.717, 1.165) is 22.3 Å². The van der Waals surface area contributed by atoms with Crippen LogP contribution in [-0.2, 0) is 0 Å². The summed E-state index contributed by atoms with van der Waals surface area (Å²) in [4.78, 5) is 19.3. The molecule has 134 valence electrons. The first-order valence-corrected chi connectivity index (χ1v) is 8.51. The number of aromatic nitrogens is 1. The monoisotopic (exact) mass is 369 g/mol. The van der Waals surface area contributed by atoms with Crippen molar-refractivity contribution in [2.24, 2.45) is 0 Å². The van der Waals surface area contributed by atoms with E-state index in [1.807, 2.05) is 56.3 Å². The molecule has 0 aliphatic carbocycles. The molecule has 0 bridgehead atoms. The van der Waals surface area contributed by atoms with Gasteiger partial charge in [0.2, 0.25) is 0 Å². The van der Waals surface area contributed by atoms with Crippen LogP contribution in [0.2, 0.25) is 5.02 Å². The minimum Gasteiger partial charge on any atom is -0.497 e. The summed E-state index contributed by atoms with van der Waals surface area (Å²) in [5.41, 5.74) is 3.40. The van der Waals surface area contributed by atoms with E-state index >= 15 is 0 Å². The number of fused-ring (bicyclic) bond motifs is 1. The molecule has 2 aromatic carbocycles. The molecule has 5 nitrogen and oxygen atoms in total. The van der Waals surface area contributed by atoms with Crippen LogP contribution in [0.5, 0.6) is 5.75 Å². The third-order valence-electron chi connectivity index (χ3n) is 4.14. The van der Waals surface area contributed by atoms with Crippen LogP contribution >= 0.6 is 11.6 Å². The van der Waals surface area contributed by atoms with Crippen molar-refractivity contribution >= 4 is 39.8 Å². The average Bonchev–Trinajstić information content (AvgIpc) is 2.60. The van der Waals surface area contributed by atoms with Gasteiger partial charge in [-0.2, -0.15) is 0 Å². The lowest BCUT2D eigenvalue weighted by Gasteiger charge is -2.19. The Morgan fingerprint density at radius 1 is 1.19 bits per heavy atom. The lowest BCUT2D eigenvalue weighted by atomic mass is 10.1. The lowest BCUT2D eigenvalue weighted by molar-refractivity contribution is 0.102. The zero-order chi connectivity index (χ0) is 18.8. The minimum atomic E-state index is -0.231. The number of methoxy groups -OCH3 is 1. The Labute approximate surface area is 157 Å². The van der Waals surface area contributed by atoms with Crippen LogP contribution in [0.4, 0.5) is 11.4 Å². The average molecular weight is 370 g/mol. The predicted octanol–water partition coefficient (Wildman–Crippen LogP) is 4.52. The second kappa shape index (κ2) is 7.22. The summed E-state index contributed by atoms with van der Waals surface area (Å²) >= 11 is 6.28. The summed E-state index contributed by atoms with van der Waals surface area (Å²) in [6.07, 6.45) is 0. The van der Waals surface area contributed by atoms with Crippen LogP contribution in [-0.4, -0.2) is 32.1 Å². The largest absolute Gasteiger partial charge is 0.497 e. The van der Waals surface area contributed by atoms with Crippen molar-refractivity contribution in [3.63, 3.8) is 0 Å². The van der Waals surface area contributed by atoms with Gasteiger partial charge >= 0.3 is 0 Å². The van der Waals surface area contributed by atoms with Crippen LogP contribution in [0.25, 0.3) is 10.9 Å². The molecule has 6 heteroatoms. The topological polar surface area (TPSA) is 54.5 Å². The van der Waals surface area contributed by atoms with Crippen LogP contribution < -0.4 is 15.0 Å². The molecule has 3 aromatic rings. The predicted molar refractivity (Wildman–Crippen MR) is 107 cm³/mol. The summed E-state index contributed by atoms with van der Waals surface area (Å²) < 4.78 is 5.26. The fraction of sp³-hybridized carbons (Fsp3) is 0.200. The van der Waals surface area contributed by atoms with E-state index in [1.54, 1.807) is 19.2 Å². The quantitative estimate of drug-likeness (QED) is 0.734. The number of ether oxygens (including phenoxy) is 1. The van der Waals surface area contributed by atoms with E-state index < -0.39 is 0 Å². The standard InChI is InChI=1S/C20H20ClN3O2/c1-12-15(11-13-10-14(26-4)8-9-17(13)22-12)20(25)23-18-7-5-6-16(21)19(18)24(2)3/h5-11H,1-4H3,(H,23,25). The second-order valence-electron chi connectivity index (χ2n) is 6.16. The molecule has 1 aromatic heterocycles. The summed E-state index contributed by atoms with van der Waals surface area (Å²) in [5, 5.41) is 4.37. The number of amides is 1. The molecule has 0 fully saturated rings. The molecule has 0 saturated heterocycles. The van der Waals surface area contributed by atoms with Gasteiger partial charge in [0.1, 0.15) is 5.75 Å². The SMILES string of the molecule is COc1ccc2nc(C)c(C(=O)Nc3cccc(Cl)c3N(C)C)cc2c1. The molecule has 0 atom stereocenters. The van der Waals surface area contributed by atoms with Gasteiger partial charge in [-0.05, 0) is 43.3 Å². The number of para-hydroxylation sites is 1. The van der Waals surface area contributed by atoms with Crippen molar-refractivity contribution in [3.05, 3.63) is 58.7 Å². The Bertz CT molecular complexity index is 986. The van der Waals surface area contributed by atoms with E-state index in [1.165, 1.54) is 0 Å². The molecular formula is C20H20ClN3O2. The summed E-state index contributed by atoms with van der Waals surface area (Å²) in [6, 6.07) is 12.8. The van der Waals surface area contributed by atoms with Crippen molar-refractivity contribution in [2.75, 3.05) is 31.4 Å². The van der Waals surface area contributed by atoms with E-state index in [2.05, 4.69) is 10.3 Å². The molecule has 1 heterocycles. The molecule has 0 aliphatic rings. The van der Waals surface area contributed by atoms with Gasteiger partial charge in [-0.25, -0.2) is 0 Å². The number of rotatable bonds is 4. The van der Waals surface area contributed by atoms with Gasteiger partial charge in [-0.15, -0.1) is 0 Å². The second-order valence-corrected chi connectivity index (χ2v) is 6.57. The maximum Gasteiger partial charge on any atom is 0.257 e. The van der Waals surface area contributed by atoms with Gasteiger partial charge in [0.05, 0.1) is 40.3 Å². The van der Waals surface area contributed by atoms with Gasteiger partial charge in [0.25, 0.3) is 5.91 Å². The highest BCUT2D eigenvalue weighted by atomic mass is 35.5. The summed E-state index contributed by atoms with van der Waals surface area (Å²) in [7, 11) is 5.37. The maximum absolute atomic E-state index is 12.9. The molecule has 1 amide bonds. The maximum atomic E-state index is 12.9. The Morgan fingerprint density at radius 2 is 1.96 bits per heavy atom. The third-order valence-corrected chi connectivity index (χ3v) is 4.44. The highest BCUT2D eigenvalue weighted by Crippen LogP contribution is 2.33. The third kappa shape index (κ3) is 3.44. The number of benzene rings is 2. The highest BCUT2D eigenvalue weighted by molar-refractivity contribution is 6.34. The number of nitrogens with one attached hydrogen (secondary N) is 1. The first-order chi connectivity index (χ1) is 12.4. The first kappa shape index (κ1) is 18.0. The van der Waals surface area contributed by atoms with E-state index in [9.17, 15) is 4.79 Å². The molecule has 0 radical (unpaired) electrons. The number of carbonyl (C=O) groups is 1. The summed E-state index contributed by atoms with van der Waals surface area (Å²) in [5.74, 6) is 0.490. The molecule has 26 heavy (non-hydrogen) atoms. The smallest absolute Gasteiger partial charge is 0.257 e. The first-order valence-electron chi connectivity index (χ1n) is 8.13. The number of hydrogen-bond donors (Lipinski definition) is 1. The van der Waals surface area contributed by atoms with Crippen molar-refractivity contribution in [2.45, 2.75) is 6.92 Å². The van der Waals surface area contributed by atoms with Crippen molar-refractivity contribution < 1.29 is 9.53 Å². The zero-order valence-electron chi connectivity index (χ0n) is 15.1. The van der Waals surface area contributed by atoms with Gasteiger partial charge in [-0.3, -0.25) is 9.78 Å².